The van der Waals surface area contributed by atoms with Gasteiger partial charge in [0.05, 0.1) is 27.1 Å². The number of nitrogens with zero attached hydrogens (tertiary/aromatic N) is 1. The molecule has 0 N–H and O–H groups in total. The van der Waals surface area contributed by atoms with Crippen LogP contribution in [0.4, 0.5) is 0 Å². The van der Waals surface area contributed by atoms with Crippen molar-refractivity contribution in [2.45, 2.75) is 103 Å². The molecule has 0 aliphatic rings. The Hall–Kier alpha value is -1.10. The normalized spacial score (nSPS) is 12.7. The van der Waals surface area contributed by atoms with Crippen molar-refractivity contribution < 1.29 is 23.9 Å². The topological polar surface area (TPSA) is 66.4 Å². The summed E-state index contributed by atoms with van der Waals surface area (Å²) in [6, 6.07) is 0. The van der Waals surface area contributed by atoms with E-state index in [1.807, 2.05) is 21.1 Å². The Labute approximate surface area is 167 Å². The van der Waals surface area contributed by atoms with Crippen LogP contribution in [0, 0.1) is 0 Å². The molecular formula is C22H43NO4. The zero-order valence-corrected chi connectivity index (χ0v) is 18.3. The summed E-state index contributed by atoms with van der Waals surface area (Å²) >= 11 is 0. The molecule has 0 spiro atoms. The maximum Gasteiger partial charge on any atom is 0.306 e. The molecule has 0 aliphatic carbocycles. The number of ether oxygens (including phenoxy) is 1. The third kappa shape index (κ3) is 18.0. The highest BCUT2D eigenvalue weighted by Gasteiger charge is 2.22. The first kappa shape index (κ1) is 25.9. The van der Waals surface area contributed by atoms with E-state index < -0.39 is 18.0 Å². The molecule has 1 unspecified atom stereocenters. The molecule has 0 fully saturated rings. The standard InChI is InChI=1S/C22H43NO4/c1-5-6-7-8-9-10-11-12-13-14-15-16-17-18-21(24)27-20(22(25)26)19-23(2,3)4/h20H,5-19H2,1-4H3. The van der Waals surface area contributed by atoms with Gasteiger partial charge in [0.2, 0.25) is 0 Å². The van der Waals surface area contributed by atoms with Gasteiger partial charge in [-0.15, -0.1) is 0 Å². The number of carbonyl (C=O) groups excluding carboxylic acids is 2. The fourth-order valence-corrected chi connectivity index (χ4v) is 3.16. The number of hydrogen-bond acceptors (Lipinski definition) is 4. The minimum absolute atomic E-state index is 0.215. The SMILES string of the molecule is CCCCCCCCCCCCCCCC(=O)OC(C[N+](C)(C)C)C(=O)[O-]. The quantitative estimate of drug-likeness (QED) is 0.204. The predicted octanol–water partition coefficient (Wildman–Crippen LogP) is 3.84. The van der Waals surface area contributed by atoms with E-state index in [9.17, 15) is 14.7 Å². The molecule has 0 aromatic heterocycles. The Morgan fingerprint density at radius 2 is 1.19 bits per heavy atom. The lowest BCUT2D eigenvalue weighted by atomic mass is 10.0. The summed E-state index contributed by atoms with van der Waals surface area (Å²) in [7, 11) is 5.57. The average molecular weight is 386 g/mol. The molecule has 0 saturated carbocycles. The maximum atomic E-state index is 11.8. The van der Waals surface area contributed by atoms with E-state index >= 15 is 0 Å². The Kier molecular flexibility index (Phi) is 15.3. The monoisotopic (exact) mass is 385 g/mol. The second kappa shape index (κ2) is 15.9. The van der Waals surface area contributed by atoms with E-state index in [0.717, 1.165) is 19.3 Å². The lowest BCUT2D eigenvalue weighted by molar-refractivity contribution is -0.872. The number of carbonyl (C=O) groups is 2. The van der Waals surface area contributed by atoms with E-state index in [-0.39, 0.29) is 6.54 Å². The second-order valence-corrected chi connectivity index (χ2v) is 8.76. The molecular weight excluding hydrogens is 342 g/mol. The van der Waals surface area contributed by atoms with E-state index in [4.69, 9.17) is 4.74 Å². The summed E-state index contributed by atoms with van der Waals surface area (Å²) in [5, 5.41) is 11.1. The first-order valence-electron chi connectivity index (χ1n) is 11.0. The number of carboxylic acid groups (broad SMARTS) is 1. The summed E-state index contributed by atoms with van der Waals surface area (Å²) in [6.07, 6.45) is 15.4. The third-order valence-electron chi connectivity index (χ3n) is 4.73. The number of esters is 1. The fourth-order valence-electron chi connectivity index (χ4n) is 3.16. The van der Waals surface area contributed by atoms with Crippen LogP contribution in [-0.2, 0) is 14.3 Å². The number of rotatable bonds is 18. The molecule has 0 bridgehead atoms. The highest BCUT2D eigenvalue weighted by atomic mass is 16.6. The van der Waals surface area contributed by atoms with E-state index in [2.05, 4.69) is 6.92 Å². The van der Waals surface area contributed by atoms with Crippen molar-refractivity contribution in [1.82, 2.24) is 0 Å². The molecule has 0 amide bonds. The second-order valence-electron chi connectivity index (χ2n) is 8.76. The van der Waals surface area contributed by atoms with Gasteiger partial charge in [-0.3, -0.25) is 4.79 Å². The number of aliphatic carboxylic acids is 1. The molecule has 0 aromatic rings. The van der Waals surface area contributed by atoms with Crippen LogP contribution >= 0.6 is 0 Å². The van der Waals surface area contributed by atoms with Crippen LogP contribution in [0.5, 0.6) is 0 Å². The largest absolute Gasteiger partial charge is 0.546 e. The first-order chi connectivity index (χ1) is 12.8. The summed E-state index contributed by atoms with van der Waals surface area (Å²) in [5.41, 5.74) is 0. The third-order valence-corrected chi connectivity index (χ3v) is 4.73. The molecule has 160 valence electrons. The van der Waals surface area contributed by atoms with Crippen LogP contribution in [0.3, 0.4) is 0 Å². The predicted molar refractivity (Wildman–Crippen MR) is 108 cm³/mol. The highest BCUT2D eigenvalue weighted by molar-refractivity contribution is 5.76. The van der Waals surface area contributed by atoms with Crippen molar-refractivity contribution >= 4 is 11.9 Å². The summed E-state index contributed by atoms with van der Waals surface area (Å²) in [4.78, 5) is 22.9. The number of hydrogen-bond donors (Lipinski definition) is 0. The number of likely N-dealkylation sites (N-methyl/N-ethyl adjacent to an activating group) is 1. The van der Waals surface area contributed by atoms with Crippen molar-refractivity contribution in [3.8, 4) is 0 Å². The van der Waals surface area contributed by atoms with Gasteiger partial charge < -0.3 is 19.1 Å². The molecule has 5 heteroatoms. The van der Waals surface area contributed by atoms with Gasteiger partial charge >= 0.3 is 5.97 Å². The molecule has 1 atom stereocenters. The summed E-state index contributed by atoms with van der Waals surface area (Å²) in [6.45, 7) is 2.46. The van der Waals surface area contributed by atoms with Crippen molar-refractivity contribution in [1.29, 1.82) is 0 Å². The molecule has 5 nitrogen and oxygen atoms in total. The zero-order chi connectivity index (χ0) is 20.5. The van der Waals surface area contributed by atoms with Gasteiger partial charge in [0, 0.05) is 6.42 Å². The number of unbranched alkanes of at least 4 members (excludes halogenated alkanes) is 12. The van der Waals surface area contributed by atoms with E-state index in [1.165, 1.54) is 64.2 Å². The number of carboxylic acids is 1. The molecule has 0 saturated heterocycles. The molecule has 0 rings (SSSR count). The van der Waals surface area contributed by atoms with Crippen LogP contribution in [0.25, 0.3) is 0 Å². The maximum absolute atomic E-state index is 11.8. The van der Waals surface area contributed by atoms with Gasteiger partial charge in [-0.1, -0.05) is 84.0 Å². The molecule has 0 radical (unpaired) electrons. The van der Waals surface area contributed by atoms with Crippen molar-refractivity contribution in [3.05, 3.63) is 0 Å². The van der Waals surface area contributed by atoms with Crippen LogP contribution in [0.1, 0.15) is 96.8 Å². The van der Waals surface area contributed by atoms with Crippen LogP contribution < -0.4 is 5.11 Å². The minimum Gasteiger partial charge on any atom is -0.546 e. The molecule has 0 aliphatic heterocycles. The van der Waals surface area contributed by atoms with Crippen LogP contribution in [-0.4, -0.2) is 50.2 Å². The molecule has 27 heavy (non-hydrogen) atoms. The van der Waals surface area contributed by atoms with E-state index in [1.54, 1.807) is 0 Å². The average Bonchev–Trinajstić information content (AvgIpc) is 2.57. The Morgan fingerprint density at radius 3 is 1.56 bits per heavy atom. The van der Waals surface area contributed by atoms with Gasteiger partial charge in [0.25, 0.3) is 0 Å². The van der Waals surface area contributed by atoms with Crippen molar-refractivity contribution in [3.63, 3.8) is 0 Å². The first-order valence-corrected chi connectivity index (χ1v) is 11.0. The van der Waals surface area contributed by atoms with Gasteiger partial charge in [-0.2, -0.15) is 0 Å². The smallest absolute Gasteiger partial charge is 0.306 e. The Bertz CT molecular complexity index is 390. The van der Waals surface area contributed by atoms with Crippen LogP contribution in [0.15, 0.2) is 0 Å². The molecule has 0 aromatic carbocycles. The number of quaternary nitrogens is 1. The lowest BCUT2D eigenvalue weighted by Crippen LogP contribution is -2.50. The summed E-state index contributed by atoms with van der Waals surface area (Å²) in [5.74, 6) is -1.75. The van der Waals surface area contributed by atoms with Gasteiger partial charge in [0.1, 0.15) is 6.54 Å². The van der Waals surface area contributed by atoms with Gasteiger partial charge in [-0.25, -0.2) is 0 Å². The highest BCUT2D eigenvalue weighted by Crippen LogP contribution is 2.13. The zero-order valence-electron chi connectivity index (χ0n) is 18.3. The molecule has 0 heterocycles. The summed E-state index contributed by atoms with van der Waals surface area (Å²) < 4.78 is 5.49. The van der Waals surface area contributed by atoms with Crippen molar-refractivity contribution in [2.75, 3.05) is 27.7 Å². The fraction of sp³-hybridized carbons (Fsp3) is 0.909. The van der Waals surface area contributed by atoms with Crippen molar-refractivity contribution in [2.24, 2.45) is 0 Å². The Morgan fingerprint density at radius 1 is 0.778 bits per heavy atom. The van der Waals surface area contributed by atoms with Crippen LogP contribution in [0.2, 0.25) is 0 Å². The van der Waals surface area contributed by atoms with E-state index in [0.29, 0.717) is 10.9 Å². The van der Waals surface area contributed by atoms with Gasteiger partial charge in [-0.05, 0) is 6.42 Å². The minimum atomic E-state index is -1.32. The van der Waals surface area contributed by atoms with Gasteiger partial charge in [0.15, 0.2) is 6.10 Å². The lowest BCUT2D eigenvalue weighted by Gasteiger charge is -2.29. The Balaban J connectivity index is 3.56.